The largest absolute Gasteiger partial charge is 0.370 e. The minimum Gasteiger partial charge on any atom is -0.370 e. The number of unbranched alkanes of at least 4 members (excludes halogenated alkanes) is 14. The smallest absolute Gasteiger partial charge is 0.158 e. The number of fused-ring (bicyclic) bond motifs is 5. The molecule has 2 nitrogen and oxygen atoms in total. The Morgan fingerprint density at radius 3 is 2.00 bits per heavy atom. The standard InChI is InChI=1S/C48H84O2/c1-8-10-11-12-13-14-15-16-17-18-19-20-21-22-23-24-41(49)36-50-42-31-33-47(6)40(35-42)27-28-43-45-30-29-44(48(45,7)34-32-46(43)47)38(5)25-26-39(9-2)37(3)4/h25-27,37-39,42-46H,8-24,28-36H2,1-7H3/b26-25+/t38-,39-,42+,43+,44-,45+,46+,47+,48-/m1/s1. The van der Waals surface area contributed by atoms with Gasteiger partial charge in [-0.1, -0.05) is 162 Å². The Hall–Kier alpha value is -0.890. The van der Waals surface area contributed by atoms with E-state index < -0.39 is 0 Å². The van der Waals surface area contributed by atoms with Gasteiger partial charge in [0.05, 0.1) is 6.10 Å². The molecular weight excluding hydrogens is 609 g/mol. The number of ether oxygens (including phenoxy) is 1. The van der Waals surface area contributed by atoms with Gasteiger partial charge in [-0.2, -0.15) is 0 Å². The Labute approximate surface area is 312 Å². The molecule has 0 bridgehead atoms. The van der Waals surface area contributed by atoms with Crippen molar-refractivity contribution in [2.45, 2.75) is 215 Å². The average molecular weight is 693 g/mol. The van der Waals surface area contributed by atoms with Crippen LogP contribution in [0.15, 0.2) is 23.8 Å². The lowest BCUT2D eigenvalue weighted by molar-refractivity contribution is -0.127. The summed E-state index contributed by atoms with van der Waals surface area (Å²) in [5, 5.41) is 0. The van der Waals surface area contributed by atoms with Crippen LogP contribution in [0.1, 0.15) is 209 Å². The van der Waals surface area contributed by atoms with E-state index in [1.54, 1.807) is 5.57 Å². The number of allylic oxidation sites excluding steroid dienone is 3. The summed E-state index contributed by atoms with van der Waals surface area (Å²) in [6.45, 7) is 17.6. The van der Waals surface area contributed by atoms with Gasteiger partial charge < -0.3 is 4.74 Å². The van der Waals surface area contributed by atoms with E-state index in [1.807, 2.05) is 0 Å². The fourth-order valence-electron chi connectivity index (χ4n) is 11.9. The van der Waals surface area contributed by atoms with E-state index >= 15 is 0 Å². The number of carbonyl (C=O) groups is 1. The van der Waals surface area contributed by atoms with Crippen LogP contribution in [0.25, 0.3) is 0 Å². The highest BCUT2D eigenvalue weighted by molar-refractivity contribution is 5.79. The second kappa shape index (κ2) is 21.1. The predicted molar refractivity (Wildman–Crippen MR) is 216 cm³/mol. The third-order valence-electron chi connectivity index (χ3n) is 15.3. The first-order chi connectivity index (χ1) is 24.1. The van der Waals surface area contributed by atoms with Gasteiger partial charge in [-0.15, -0.1) is 0 Å². The van der Waals surface area contributed by atoms with E-state index in [4.69, 9.17) is 4.74 Å². The highest BCUT2D eigenvalue weighted by Gasteiger charge is 2.59. The molecule has 0 N–H and O–H groups in total. The monoisotopic (exact) mass is 693 g/mol. The van der Waals surface area contributed by atoms with E-state index in [0.717, 1.165) is 54.8 Å². The molecule has 3 saturated carbocycles. The van der Waals surface area contributed by atoms with Crippen LogP contribution in [0.4, 0.5) is 0 Å². The summed E-state index contributed by atoms with van der Waals surface area (Å²) in [5.41, 5.74) is 2.52. The summed E-state index contributed by atoms with van der Waals surface area (Å²) < 4.78 is 6.34. The van der Waals surface area contributed by atoms with Crippen LogP contribution < -0.4 is 0 Å². The molecule has 9 atom stereocenters. The van der Waals surface area contributed by atoms with Crippen molar-refractivity contribution in [3.05, 3.63) is 23.8 Å². The molecule has 0 saturated heterocycles. The van der Waals surface area contributed by atoms with Crippen molar-refractivity contribution in [1.82, 2.24) is 0 Å². The first kappa shape index (κ1) is 41.9. The van der Waals surface area contributed by atoms with E-state index in [-0.39, 0.29) is 6.10 Å². The van der Waals surface area contributed by atoms with E-state index in [1.165, 1.54) is 135 Å². The van der Waals surface area contributed by atoms with Crippen LogP contribution in [0, 0.1) is 52.3 Å². The molecule has 50 heavy (non-hydrogen) atoms. The molecule has 4 aliphatic carbocycles. The van der Waals surface area contributed by atoms with Gasteiger partial charge in [0.2, 0.25) is 0 Å². The molecule has 0 aromatic heterocycles. The fourth-order valence-corrected chi connectivity index (χ4v) is 11.9. The quantitative estimate of drug-likeness (QED) is 0.0743. The minimum atomic E-state index is 0.242. The SMILES string of the molecule is CCCCCCCCCCCCCCCCCC(=O)CO[C@H]1CC[C@@]2(C)C(=CC[C@H]3[C@@H]4CC[C@H]([C@H](C)/C=C/[C@@H](CC)C(C)C)[C@@]4(C)CC[C@@H]32)C1. The van der Waals surface area contributed by atoms with E-state index in [9.17, 15) is 4.79 Å². The van der Waals surface area contributed by atoms with Crippen LogP contribution >= 0.6 is 0 Å². The first-order valence-electron chi connectivity index (χ1n) is 22.6. The zero-order valence-electron chi connectivity index (χ0n) is 34.6. The van der Waals surface area contributed by atoms with Crippen LogP contribution in [0.3, 0.4) is 0 Å². The van der Waals surface area contributed by atoms with Crippen molar-refractivity contribution in [2.24, 2.45) is 52.3 Å². The maximum Gasteiger partial charge on any atom is 0.158 e. The van der Waals surface area contributed by atoms with Crippen LogP contribution in [0.2, 0.25) is 0 Å². The number of Topliss-reactive ketones (excluding diaryl/α,β-unsaturated/α-hetero) is 1. The van der Waals surface area contributed by atoms with Gasteiger partial charge in [-0.05, 0) is 116 Å². The van der Waals surface area contributed by atoms with E-state index in [0.29, 0.717) is 35.6 Å². The summed E-state index contributed by atoms with van der Waals surface area (Å²) in [6, 6.07) is 0. The number of hydrogen-bond acceptors (Lipinski definition) is 2. The Balaban J connectivity index is 1.11. The lowest BCUT2D eigenvalue weighted by Gasteiger charge is -2.58. The van der Waals surface area contributed by atoms with Gasteiger partial charge in [0, 0.05) is 6.42 Å². The van der Waals surface area contributed by atoms with Gasteiger partial charge in [0.25, 0.3) is 0 Å². The van der Waals surface area contributed by atoms with Gasteiger partial charge in [-0.3, -0.25) is 4.79 Å². The van der Waals surface area contributed by atoms with Gasteiger partial charge >= 0.3 is 0 Å². The lowest BCUT2D eigenvalue weighted by Crippen LogP contribution is -2.51. The number of carbonyl (C=O) groups excluding carboxylic acids is 1. The number of ketones is 1. The normalized spacial score (nSPS) is 32.1. The summed E-state index contributed by atoms with van der Waals surface area (Å²) in [6.07, 6.45) is 40.9. The highest BCUT2D eigenvalue weighted by atomic mass is 16.5. The molecule has 0 amide bonds. The van der Waals surface area contributed by atoms with Gasteiger partial charge in [0.15, 0.2) is 5.78 Å². The van der Waals surface area contributed by atoms with Crippen LogP contribution in [-0.2, 0) is 9.53 Å². The maximum atomic E-state index is 12.7. The first-order valence-corrected chi connectivity index (χ1v) is 22.6. The fraction of sp³-hybridized carbons (Fsp3) is 0.896. The Kier molecular flexibility index (Phi) is 17.7. The molecule has 4 aliphatic rings. The zero-order valence-corrected chi connectivity index (χ0v) is 34.6. The molecule has 0 aromatic carbocycles. The van der Waals surface area contributed by atoms with Crippen molar-refractivity contribution in [3.63, 3.8) is 0 Å². The molecule has 0 unspecified atom stereocenters. The molecule has 4 rings (SSSR count). The third kappa shape index (κ3) is 11.3. The Bertz CT molecular complexity index is 1040. The average Bonchev–Trinajstić information content (AvgIpc) is 3.46. The van der Waals surface area contributed by atoms with Crippen molar-refractivity contribution in [3.8, 4) is 0 Å². The van der Waals surface area contributed by atoms with Crippen molar-refractivity contribution in [1.29, 1.82) is 0 Å². The summed E-state index contributed by atoms with van der Waals surface area (Å²) in [7, 11) is 0. The van der Waals surface area contributed by atoms with Gasteiger partial charge in [0.1, 0.15) is 6.61 Å². The summed E-state index contributed by atoms with van der Waals surface area (Å²) in [5.74, 6) is 5.88. The van der Waals surface area contributed by atoms with Gasteiger partial charge in [-0.25, -0.2) is 0 Å². The molecule has 0 aromatic rings. The Morgan fingerprint density at radius 1 is 0.780 bits per heavy atom. The molecule has 2 heteroatoms. The second-order valence-corrected chi connectivity index (χ2v) is 19.0. The van der Waals surface area contributed by atoms with Crippen LogP contribution in [-0.4, -0.2) is 18.5 Å². The lowest BCUT2D eigenvalue weighted by atomic mass is 9.47. The molecule has 0 aliphatic heterocycles. The molecule has 0 heterocycles. The van der Waals surface area contributed by atoms with Crippen molar-refractivity contribution in [2.75, 3.05) is 6.61 Å². The predicted octanol–water partition coefficient (Wildman–Crippen LogP) is 14.7. The molecular formula is C48H84O2. The summed E-state index contributed by atoms with van der Waals surface area (Å²) in [4.78, 5) is 12.7. The zero-order chi connectivity index (χ0) is 36.0. The number of rotatable bonds is 24. The minimum absolute atomic E-state index is 0.242. The van der Waals surface area contributed by atoms with Crippen molar-refractivity contribution >= 4 is 5.78 Å². The summed E-state index contributed by atoms with van der Waals surface area (Å²) >= 11 is 0. The third-order valence-corrected chi connectivity index (χ3v) is 15.3. The van der Waals surface area contributed by atoms with Crippen molar-refractivity contribution < 1.29 is 9.53 Å². The maximum absolute atomic E-state index is 12.7. The molecule has 3 fully saturated rings. The second-order valence-electron chi connectivity index (χ2n) is 19.0. The molecule has 0 spiro atoms. The highest BCUT2D eigenvalue weighted by Crippen LogP contribution is 2.67. The van der Waals surface area contributed by atoms with E-state index in [2.05, 4.69) is 66.7 Å². The van der Waals surface area contributed by atoms with Crippen LogP contribution in [0.5, 0.6) is 0 Å². The number of hydrogen-bond donors (Lipinski definition) is 0. The molecule has 0 radical (unpaired) electrons. The Morgan fingerprint density at radius 2 is 1.40 bits per heavy atom. The molecule has 288 valence electrons. The topological polar surface area (TPSA) is 26.3 Å².